The van der Waals surface area contributed by atoms with Crippen LogP contribution in [-0.2, 0) is 19.1 Å². The van der Waals surface area contributed by atoms with Gasteiger partial charge in [0, 0.05) is 11.5 Å². The molecule has 2 aliphatic carbocycles. The summed E-state index contributed by atoms with van der Waals surface area (Å²) in [6, 6.07) is 0. The number of esters is 1. The van der Waals surface area contributed by atoms with Crippen LogP contribution in [0.4, 0.5) is 0 Å². The number of epoxide rings is 1. The number of aliphatic hydroxyl groups is 2. The van der Waals surface area contributed by atoms with E-state index in [1.165, 1.54) is 6.92 Å². The lowest BCUT2D eigenvalue weighted by Crippen LogP contribution is -2.60. The second-order valence-corrected chi connectivity index (χ2v) is 8.87. The average Bonchev–Trinajstić information content (AvgIpc) is 3.04. The van der Waals surface area contributed by atoms with Gasteiger partial charge < -0.3 is 19.7 Å². The van der Waals surface area contributed by atoms with Gasteiger partial charge in [0.1, 0.15) is 17.3 Å². The third-order valence-electron chi connectivity index (χ3n) is 6.82. The van der Waals surface area contributed by atoms with E-state index in [9.17, 15) is 19.8 Å². The molecule has 0 aromatic rings. The standard InChI is InChI=1S/C20H30O6/c1-10(2)13-9-14(25-17(22)18(5)12(4)26-18)19(6,23)20(24)8-7-11(3)15(20)16(13)21/h10,12-14,23-24H,7-9H2,1-6H3/t12-,13+,14+,18-,19+,20+/m1/s1. The molecule has 0 aromatic heterocycles. The van der Waals surface area contributed by atoms with E-state index in [0.717, 1.165) is 5.57 Å². The van der Waals surface area contributed by atoms with Crippen molar-refractivity contribution < 1.29 is 29.3 Å². The number of carbonyl (C=O) groups is 2. The summed E-state index contributed by atoms with van der Waals surface area (Å²) in [5, 5.41) is 22.7. The summed E-state index contributed by atoms with van der Waals surface area (Å²) in [4.78, 5) is 25.8. The Morgan fingerprint density at radius 2 is 1.88 bits per heavy atom. The summed E-state index contributed by atoms with van der Waals surface area (Å²) in [5.41, 5.74) is -3.38. The number of hydrogen-bond donors (Lipinski definition) is 2. The molecule has 1 saturated heterocycles. The van der Waals surface area contributed by atoms with Gasteiger partial charge in [0.05, 0.1) is 6.10 Å². The van der Waals surface area contributed by atoms with Crippen molar-refractivity contribution >= 4 is 11.8 Å². The van der Waals surface area contributed by atoms with Crippen molar-refractivity contribution in [3.63, 3.8) is 0 Å². The first kappa shape index (κ1) is 19.5. The molecule has 2 fully saturated rings. The highest BCUT2D eigenvalue weighted by Crippen LogP contribution is 2.51. The van der Waals surface area contributed by atoms with Crippen LogP contribution in [0, 0.1) is 11.8 Å². The summed E-state index contributed by atoms with van der Waals surface area (Å²) < 4.78 is 11.0. The summed E-state index contributed by atoms with van der Waals surface area (Å²) in [7, 11) is 0. The van der Waals surface area contributed by atoms with Crippen molar-refractivity contribution in [1.82, 2.24) is 0 Å². The predicted octanol–water partition coefficient (Wildman–Crippen LogP) is 1.91. The second kappa shape index (κ2) is 5.88. The zero-order valence-corrected chi connectivity index (χ0v) is 16.5. The molecule has 1 aliphatic heterocycles. The number of allylic oxidation sites excluding steroid dienone is 1. The van der Waals surface area contributed by atoms with Crippen LogP contribution in [0.1, 0.15) is 60.8 Å². The fourth-order valence-corrected chi connectivity index (χ4v) is 4.44. The van der Waals surface area contributed by atoms with Crippen LogP contribution in [0.15, 0.2) is 11.1 Å². The van der Waals surface area contributed by atoms with E-state index < -0.39 is 34.8 Å². The van der Waals surface area contributed by atoms with E-state index in [1.807, 2.05) is 20.8 Å². The molecule has 0 radical (unpaired) electrons. The SMILES string of the molecule is CC1=C2C(=O)[C@H](C(C)C)C[C@H](OC(=O)[C@]3(C)O[C@@H]3C)[C@](C)(O)[C@]2(O)CC1. The van der Waals surface area contributed by atoms with E-state index in [2.05, 4.69) is 0 Å². The van der Waals surface area contributed by atoms with Gasteiger partial charge in [0.2, 0.25) is 0 Å². The number of fused-ring (bicyclic) bond motifs is 1. The van der Waals surface area contributed by atoms with Crippen molar-refractivity contribution in [3.8, 4) is 0 Å². The highest BCUT2D eigenvalue weighted by Gasteiger charge is 2.64. The molecule has 0 aromatic carbocycles. The lowest BCUT2D eigenvalue weighted by molar-refractivity contribution is -0.200. The Hall–Kier alpha value is -1.24. The van der Waals surface area contributed by atoms with Crippen LogP contribution in [0.25, 0.3) is 0 Å². The normalized spacial score (nSPS) is 45.6. The predicted molar refractivity (Wildman–Crippen MR) is 94.3 cm³/mol. The van der Waals surface area contributed by atoms with Crippen LogP contribution in [0.3, 0.4) is 0 Å². The fraction of sp³-hybridized carbons (Fsp3) is 0.800. The number of ether oxygens (including phenoxy) is 2. The quantitative estimate of drug-likeness (QED) is 0.585. The maximum absolute atomic E-state index is 13.2. The minimum absolute atomic E-state index is 0.00515. The Morgan fingerprint density at radius 1 is 1.31 bits per heavy atom. The summed E-state index contributed by atoms with van der Waals surface area (Å²) >= 11 is 0. The van der Waals surface area contributed by atoms with Gasteiger partial charge in [0.15, 0.2) is 11.4 Å². The highest BCUT2D eigenvalue weighted by molar-refractivity contribution is 6.01. The van der Waals surface area contributed by atoms with Gasteiger partial charge in [-0.05, 0) is 52.9 Å². The minimum Gasteiger partial charge on any atom is -0.457 e. The minimum atomic E-state index is -1.76. The number of rotatable bonds is 3. The fourth-order valence-electron chi connectivity index (χ4n) is 4.44. The molecule has 0 bridgehead atoms. The van der Waals surface area contributed by atoms with E-state index in [-0.39, 0.29) is 30.6 Å². The topological polar surface area (TPSA) is 96.4 Å². The van der Waals surface area contributed by atoms with Gasteiger partial charge in [-0.15, -0.1) is 0 Å². The van der Waals surface area contributed by atoms with Crippen molar-refractivity contribution in [2.24, 2.45) is 11.8 Å². The van der Waals surface area contributed by atoms with Gasteiger partial charge >= 0.3 is 5.97 Å². The number of ketones is 1. The molecule has 6 heteroatoms. The van der Waals surface area contributed by atoms with Crippen LogP contribution in [0.5, 0.6) is 0 Å². The molecule has 3 aliphatic rings. The first-order chi connectivity index (χ1) is 11.9. The van der Waals surface area contributed by atoms with Gasteiger partial charge in [-0.3, -0.25) is 4.79 Å². The second-order valence-electron chi connectivity index (χ2n) is 8.87. The lowest BCUT2D eigenvalue weighted by atomic mass is 9.76. The molecule has 6 atom stereocenters. The molecular weight excluding hydrogens is 336 g/mol. The maximum atomic E-state index is 13.2. The van der Waals surface area contributed by atoms with E-state index in [1.54, 1.807) is 13.8 Å². The molecule has 2 N–H and O–H groups in total. The summed E-state index contributed by atoms with van der Waals surface area (Å²) in [5.74, 6) is -1.13. The third kappa shape index (κ3) is 2.57. The Bertz CT molecular complexity index is 678. The molecular formula is C20H30O6. The molecule has 146 valence electrons. The highest BCUT2D eigenvalue weighted by atomic mass is 16.7. The van der Waals surface area contributed by atoms with Crippen molar-refractivity contribution in [2.75, 3.05) is 0 Å². The molecule has 6 nitrogen and oxygen atoms in total. The van der Waals surface area contributed by atoms with E-state index >= 15 is 0 Å². The Balaban J connectivity index is 2.02. The van der Waals surface area contributed by atoms with Crippen molar-refractivity contribution in [1.29, 1.82) is 0 Å². The molecule has 0 amide bonds. The summed E-state index contributed by atoms with van der Waals surface area (Å²) in [6.45, 7) is 10.6. The molecule has 0 spiro atoms. The number of carbonyl (C=O) groups excluding carboxylic acids is 2. The Morgan fingerprint density at radius 3 is 2.38 bits per heavy atom. The molecule has 1 heterocycles. The maximum Gasteiger partial charge on any atom is 0.341 e. The van der Waals surface area contributed by atoms with Gasteiger partial charge in [0.25, 0.3) is 0 Å². The van der Waals surface area contributed by atoms with Crippen molar-refractivity contribution in [2.45, 2.75) is 89.8 Å². The third-order valence-corrected chi connectivity index (χ3v) is 6.82. The molecule has 3 rings (SSSR count). The molecule has 0 unspecified atom stereocenters. The zero-order valence-electron chi connectivity index (χ0n) is 16.5. The smallest absolute Gasteiger partial charge is 0.341 e. The first-order valence-electron chi connectivity index (χ1n) is 9.44. The largest absolute Gasteiger partial charge is 0.457 e. The van der Waals surface area contributed by atoms with Crippen molar-refractivity contribution in [3.05, 3.63) is 11.1 Å². The molecule has 26 heavy (non-hydrogen) atoms. The Kier molecular flexibility index (Phi) is 4.41. The van der Waals surface area contributed by atoms with E-state index in [4.69, 9.17) is 9.47 Å². The van der Waals surface area contributed by atoms with Crippen LogP contribution in [-0.4, -0.2) is 51.0 Å². The van der Waals surface area contributed by atoms with Crippen LogP contribution >= 0.6 is 0 Å². The average molecular weight is 366 g/mol. The number of hydrogen-bond acceptors (Lipinski definition) is 6. The van der Waals surface area contributed by atoms with Gasteiger partial charge in [-0.1, -0.05) is 19.4 Å². The zero-order chi connectivity index (χ0) is 19.7. The monoisotopic (exact) mass is 366 g/mol. The van der Waals surface area contributed by atoms with Gasteiger partial charge in [-0.2, -0.15) is 0 Å². The van der Waals surface area contributed by atoms with E-state index in [0.29, 0.717) is 12.0 Å². The Labute approximate surface area is 154 Å². The number of Topliss-reactive ketones (excluding diaryl/α,β-unsaturated/α-hetero) is 1. The summed E-state index contributed by atoms with van der Waals surface area (Å²) in [6.07, 6.45) is -0.278. The van der Waals surface area contributed by atoms with Gasteiger partial charge in [-0.25, -0.2) is 4.79 Å². The van der Waals surface area contributed by atoms with Crippen LogP contribution < -0.4 is 0 Å². The molecule has 1 saturated carbocycles. The van der Waals surface area contributed by atoms with Crippen LogP contribution in [0.2, 0.25) is 0 Å². The lowest BCUT2D eigenvalue weighted by Gasteiger charge is -2.42. The first-order valence-corrected chi connectivity index (χ1v) is 9.44.